The zero-order chi connectivity index (χ0) is 13.9. The van der Waals surface area contributed by atoms with Crippen LogP contribution in [0.25, 0.3) is 0 Å². The second kappa shape index (κ2) is 6.07. The van der Waals surface area contributed by atoms with E-state index in [0.717, 1.165) is 31.5 Å². The van der Waals surface area contributed by atoms with Crippen LogP contribution in [0.2, 0.25) is 0 Å². The van der Waals surface area contributed by atoms with Crippen molar-refractivity contribution in [3.8, 4) is 0 Å². The van der Waals surface area contributed by atoms with Crippen LogP contribution in [-0.4, -0.2) is 26.1 Å². The molecule has 19 heavy (non-hydrogen) atoms. The lowest BCUT2D eigenvalue weighted by molar-refractivity contribution is 0.577. The molecule has 0 amide bonds. The predicted octanol–water partition coefficient (Wildman–Crippen LogP) is 1.21. The molecule has 0 bridgehead atoms. The first kappa shape index (κ1) is 14.6. The summed E-state index contributed by atoms with van der Waals surface area (Å²) in [5.41, 5.74) is 0.986. The molecule has 0 aliphatic heterocycles. The lowest BCUT2D eigenvalue weighted by atomic mass is 10.4. The molecule has 1 aliphatic carbocycles. The molecule has 1 aromatic rings. The molecule has 0 saturated heterocycles. The Bertz CT molecular complexity index is 518. The molecule has 1 saturated carbocycles. The first-order valence-corrected chi connectivity index (χ1v) is 8.37. The highest BCUT2D eigenvalue weighted by molar-refractivity contribution is 7.89. The number of hydrogen-bond acceptors (Lipinski definition) is 3. The van der Waals surface area contributed by atoms with Crippen molar-refractivity contribution in [1.29, 1.82) is 0 Å². The standard InChI is InChI=1S/C13H23N3O2S/c1-3-6-14-9-12-7-13(10-16(12)2)19(17,18)15-8-11-4-5-11/h7,10-11,14-15H,3-6,8-9H2,1-2H3. The van der Waals surface area contributed by atoms with Gasteiger partial charge in [-0.3, -0.25) is 0 Å². The van der Waals surface area contributed by atoms with E-state index >= 15 is 0 Å². The Morgan fingerprint density at radius 2 is 2.16 bits per heavy atom. The van der Waals surface area contributed by atoms with Crippen molar-refractivity contribution in [2.45, 2.75) is 37.6 Å². The fourth-order valence-corrected chi connectivity index (χ4v) is 3.14. The van der Waals surface area contributed by atoms with Crippen LogP contribution >= 0.6 is 0 Å². The quantitative estimate of drug-likeness (QED) is 0.706. The highest BCUT2D eigenvalue weighted by Gasteiger charge is 2.25. The molecular formula is C13H23N3O2S. The SMILES string of the molecule is CCCNCc1cc(S(=O)(=O)NCC2CC2)cn1C. The molecule has 1 aromatic heterocycles. The highest BCUT2D eigenvalue weighted by Crippen LogP contribution is 2.28. The maximum absolute atomic E-state index is 12.1. The first-order valence-electron chi connectivity index (χ1n) is 6.88. The smallest absolute Gasteiger partial charge is 0.242 e. The van der Waals surface area contributed by atoms with Gasteiger partial charge in [-0.05, 0) is 37.8 Å². The topological polar surface area (TPSA) is 63.1 Å². The highest BCUT2D eigenvalue weighted by atomic mass is 32.2. The molecule has 6 heteroatoms. The summed E-state index contributed by atoms with van der Waals surface area (Å²) in [4.78, 5) is 0.365. The molecule has 0 radical (unpaired) electrons. The molecular weight excluding hydrogens is 262 g/mol. The molecule has 1 heterocycles. The van der Waals surface area contributed by atoms with Gasteiger partial charge in [0.25, 0.3) is 0 Å². The van der Waals surface area contributed by atoms with Gasteiger partial charge >= 0.3 is 0 Å². The number of hydrogen-bond donors (Lipinski definition) is 2. The van der Waals surface area contributed by atoms with E-state index in [1.54, 1.807) is 12.3 Å². The molecule has 5 nitrogen and oxygen atoms in total. The van der Waals surface area contributed by atoms with Crippen LogP contribution in [0.1, 0.15) is 31.9 Å². The molecule has 108 valence electrons. The first-order chi connectivity index (χ1) is 9.03. The Hall–Kier alpha value is -0.850. The van der Waals surface area contributed by atoms with Crippen molar-refractivity contribution in [2.75, 3.05) is 13.1 Å². The van der Waals surface area contributed by atoms with Gasteiger partial charge < -0.3 is 9.88 Å². The van der Waals surface area contributed by atoms with Gasteiger partial charge in [-0.1, -0.05) is 6.92 Å². The van der Waals surface area contributed by atoms with Gasteiger partial charge in [0.15, 0.2) is 0 Å². The summed E-state index contributed by atoms with van der Waals surface area (Å²) in [6, 6.07) is 1.75. The summed E-state index contributed by atoms with van der Waals surface area (Å²) < 4.78 is 28.8. The molecule has 2 N–H and O–H groups in total. The van der Waals surface area contributed by atoms with Gasteiger partial charge in [0, 0.05) is 32.0 Å². The van der Waals surface area contributed by atoms with Gasteiger partial charge in [-0.2, -0.15) is 0 Å². The minimum absolute atomic E-state index is 0.365. The number of rotatable bonds is 8. The zero-order valence-corrected chi connectivity index (χ0v) is 12.5. The molecule has 1 fully saturated rings. The van der Waals surface area contributed by atoms with Crippen molar-refractivity contribution in [2.24, 2.45) is 13.0 Å². The summed E-state index contributed by atoms with van der Waals surface area (Å²) in [6.07, 6.45) is 5.03. The van der Waals surface area contributed by atoms with Gasteiger partial charge in [-0.15, -0.1) is 0 Å². The van der Waals surface area contributed by atoms with E-state index in [-0.39, 0.29) is 0 Å². The van der Waals surface area contributed by atoms with Crippen LogP contribution in [0.5, 0.6) is 0 Å². The van der Waals surface area contributed by atoms with Crippen LogP contribution in [0.4, 0.5) is 0 Å². The van der Waals surface area contributed by atoms with E-state index in [1.807, 2.05) is 11.6 Å². The lowest BCUT2D eigenvalue weighted by Gasteiger charge is -2.03. The second-order valence-electron chi connectivity index (χ2n) is 5.25. The molecule has 0 unspecified atom stereocenters. The van der Waals surface area contributed by atoms with Crippen molar-refractivity contribution in [3.05, 3.63) is 18.0 Å². The van der Waals surface area contributed by atoms with Crippen LogP contribution in [0, 0.1) is 5.92 Å². The summed E-state index contributed by atoms with van der Waals surface area (Å²) in [6.45, 7) is 4.31. The minimum atomic E-state index is -3.35. The normalized spacial score (nSPS) is 15.9. The van der Waals surface area contributed by atoms with Crippen LogP contribution in [0.3, 0.4) is 0 Å². The Labute approximate surface area is 115 Å². The van der Waals surface area contributed by atoms with Gasteiger partial charge in [0.05, 0.1) is 4.90 Å². The average Bonchev–Trinajstić information content (AvgIpc) is 3.12. The Kier molecular flexibility index (Phi) is 4.65. The van der Waals surface area contributed by atoms with E-state index in [0.29, 0.717) is 23.9 Å². The monoisotopic (exact) mass is 285 g/mol. The fourth-order valence-electron chi connectivity index (χ4n) is 1.93. The van der Waals surface area contributed by atoms with E-state index in [2.05, 4.69) is 17.0 Å². The second-order valence-corrected chi connectivity index (χ2v) is 7.02. The number of aryl methyl sites for hydroxylation is 1. The largest absolute Gasteiger partial charge is 0.352 e. The molecule has 0 aromatic carbocycles. The molecule has 1 aliphatic rings. The van der Waals surface area contributed by atoms with Crippen molar-refractivity contribution < 1.29 is 8.42 Å². The summed E-state index contributed by atoms with van der Waals surface area (Å²) in [7, 11) is -1.47. The molecule has 0 atom stereocenters. The van der Waals surface area contributed by atoms with Crippen LogP contribution < -0.4 is 10.0 Å². The zero-order valence-electron chi connectivity index (χ0n) is 11.6. The maximum Gasteiger partial charge on any atom is 0.242 e. The predicted molar refractivity (Wildman–Crippen MR) is 75.3 cm³/mol. The fraction of sp³-hybridized carbons (Fsp3) is 0.692. The number of nitrogens with one attached hydrogen (secondary N) is 2. The third kappa shape index (κ3) is 4.06. The van der Waals surface area contributed by atoms with E-state index < -0.39 is 10.0 Å². The van der Waals surface area contributed by atoms with Gasteiger partial charge in [-0.25, -0.2) is 13.1 Å². The lowest BCUT2D eigenvalue weighted by Crippen LogP contribution is -2.25. The Balaban J connectivity index is 2.00. The van der Waals surface area contributed by atoms with Crippen molar-refractivity contribution >= 4 is 10.0 Å². The molecule has 0 spiro atoms. The third-order valence-electron chi connectivity index (χ3n) is 3.38. The van der Waals surface area contributed by atoms with Crippen molar-refractivity contribution in [3.63, 3.8) is 0 Å². The van der Waals surface area contributed by atoms with E-state index in [4.69, 9.17) is 0 Å². The summed E-state index contributed by atoms with van der Waals surface area (Å²) >= 11 is 0. The van der Waals surface area contributed by atoms with E-state index in [9.17, 15) is 8.42 Å². The van der Waals surface area contributed by atoms with Crippen LogP contribution in [0.15, 0.2) is 17.2 Å². The van der Waals surface area contributed by atoms with Gasteiger partial charge in [0.1, 0.15) is 0 Å². The Morgan fingerprint density at radius 3 is 2.79 bits per heavy atom. The third-order valence-corrected chi connectivity index (χ3v) is 4.78. The summed E-state index contributed by atoms with van der Waals surface area (Å²) in [5, 5.41) is 3.28. The van der Waals surface area contributed by atoms with E-state index in [1.165, 1.54) is 0 Å². The Morgan fingerprint density at radius 1 is 1.42 bits per heavy atom. The summed E-state index contributed by atoms with van der Waals surface area (Å²) in [5.74, 6) is 0.546. The number of aromatic nitrogens is 1. The minimum Gasteiger partial charge on any atom is -0.352 e. The average molecular weight is 285 g/mol. The number of nitrogens with zero attached hydrogens (tertiary/aromatic N) is 1. The van der Waals surface area contributed by atoms with Gasteiger partial charge in [0.2, 0.25) is 10.0 Å². The maximum atomic E-state index is 12.1. The molecule has 2 rings (SSSR count). The number of sulfonamides is 1. The van der Waals surface area contributed by atoms with Crippen LogP contribution in [-0.2, 0) is 23.6 Å². The van der Waals surface area contributed by atoms with Crippen molar-refractivity contribution in [1.82, 2.24) is 14.6 Å².